The molecule has 0 fully saturated rings. The average Bonchev–Trinajstić information content (AvgIpc) is 3.07. The number of alkyl carbamates (subject to hydrolysis) is 1. The fourth-order valence-corrected chi connectivity index (χ4v) is 4.24. The molecular formula is C24H18Cl2NO4-. The molecule has 0 unspecified atom stereocenters. The Balaban J connectivity index is 1.49. The first-order valence-electron chi connectivity index (χ1n) is 9.70. The third kappa shape index (κ3) is 4.53. The van der Waals surface area contributed by atoms with Gasteiger partial charge in [0.15, 0.2) is 0 Å². The monoisotopic (exact) mass is 454 g/mol. The van der Waals surface area contributed by atoms with Crippen molar-refractivity contribution in [2.24, 2.45) is 0 Å². The van der Waals surface area contributed by atoms with Gasteiger partial charge >= 0.3 is 6.09 Å². The van der Waals surface area contributed by atoms with Crippen LogP contribution in [0.15, 0.2) is 66.7 Å². The van der Waals surface area contributed by atoms with Crippen LogP contribution in [0.25, 0.3) is 11.1 Å². The molecule has 0 heterocycles. The Morgan fingerprint density at radius 1 is 0.935 bits per heavy atom. The number of nitrogens with one attached hydrogen (secondary N) is 1. The molecule has 1 atom stereocenters. The van der Waals surface area contributed by atoms with Gasteiger partial charge in [-0.25, -0.2) is 4.79 Å². The molecule has 3 aromatic carbocycles. The summed E-state index contributed by atoms with van der Waals surface area (Å²) < 4.78 is 5.50. The highest BCUT2D eigenvalue weighted by atomic mass is 35.5. The maximum Gasteiger partial charge on any atom is 0.407 e. The fraction of sp³-hybridized carbons (Fsp3) is 0.167. The SMILES string of the molecule is O=C([O-])C[C@@H](NC(=O)OCC1c2ccccc2-c2ccccc21)c1ccc(Cl)c(Cl)c1. The summed E-state index contributed by atoms with van der Waals surface area (Å²) in [7, 11) is 0. The number of hydrogen-bond acceptors (Lipinski definition) is 4. The summed E-state index contributed by atoms with van der Waals surface area (Å²) in [5.41, 5.74) is 4.92. The van der Waals surface area contributed by atoms with Crippen molar-refractivity contribution >= 4 is 35.3 Å². The number of ether oxygens (including phenoxy) is 1. The number of halogens is 2. The van der Waals surface area contributed by atoms with Crippen molar-refractivity contribution in [2.75, 3.05) is 6.61 Å². The molecule has 0 spiro atoms. The zero-order valence-corrected chi connectivity index (χ0v) is 17.8. The van der Waals surface area contributed by atoms with Crippen molar-refractivity contribution in [3.63, 3.8) is 0 Å². The number of amides is 1. The van der Waals surface area contributed by atoms with Crippen LogP contribution in [0.3, 0.4) is 0 Å². The maximum atomic E-state index is 12.5. The Morgan fingerprint density at radius 2 is 1.55 bits per heavy atom. The summed E-state index contributed by atoms with van der Waals surface area (Å²) in [5, 5.41) is 14.4. The van der Waals surface area contributed by atoms with Crippen LogP contribution >= 0.6 is 23.2 Å². The lowest BCUT2D eigenvalue weighted by Crippen LogP contribution is -2.35. The standard InChI is InChI=1S/C24H19Cl2NO4/c25-20-10-9-14(11-21(20)26)22(12-23(28)29)27-24(30)31-13-19-17-7-3-1-5-15(17)16-6-2-4-8-18(16)19/h1-11,19,22H,12-13H2,(H,27,30)(H,28,29)/p-1/t22-/m1/s1. The van der Waals surface area contributed by atoms with E-state index >= 15 is 0 Å². The first-order chi connectivity index (χ1) is 14.9. The van der Waals surface area contributed by atoms with Crippen LogP contribution in [-0.2, 0) is 9.53 Å². The minimum absolute atomic E-state index is 0.0947. The van der Waals surface area contributed by atoms with Crippen LogP contribution in [0.2, 0.25) is 10.0 Å². The van der Waals surface area contributed by atoms with Crippen molar-refractivity contribution in [3.8, 4) is 11.1 Å². The van der Waals surface area contributed by atoms with Gasteiger partial charge in [-0.05, 0) is 39.9 Å². The second-order valence-corrected chi connectivity index (χ2v) is 8.09. The number of aliphatic carboxylic acids is 1. The predicted molar refractivity (Wildman–Crippen MR) is 117 cm³/mol. The molecule has 31 heavy (non-hydrogen) atoms. The number of fused-ring (bicyclic) bond motifs is 3. The van der Waals surface area contributed by atoms with Crippen molar-refractivity contribution in [2.45, 2.75) is 18.4 Å². The minimum Gasteiger partial charge on any atom is -0.550 e. The number of rotatable bonds is 6. The number of carboxylic acids is 1. The van der Waals surface area contributed by atoms with E-state index in [1.54, 1.807) is 12.1 Å². The second kappa shape index (κ2) is 9.00. The molecule has 4 rings (SSSR count). The molecule has 1 N–H and O–H groups in total. The quantitative estimate of drug-likeness (QED) is 0.584. The minimum atomic E-state index is -1.31. The zero-order chi connectivity index (χ0) is 22.0. The third-order valence-corrected chi connectivity index (χ3v) is 6.09. The van der Waals surface area contributed by atoms with Gasteiger partial charge in [0.2, 0.25) is 0 Å². The Morgan fingerprint density at radius 3 is 2.13 bits per heavy atom. The molecule has 0 bridgehead atoms. The average molecular weight is 455 g/mol. The summed E-state index contributed by atoms with van der Waals surface area (Å²) >= 11 is 12.0. The van der Waals surface area contributed by atoms with Crippen molar-refractivity contribution in [3.05, 3.63) is 93.5 Å². The van der Waals surface area contributed by atoms with Crippen molar-refractivity contribution in [1.82, 2.24) is 5.32 Å². The normalized spacial score (nSPS) is 13.2. The molecule has 1 amide bonds. The predicted octanol–water partition coefficient (Wildman–Crippen LogP) is 4.71. The molecule has 0 radical (unpaired) electrons. The van der Waals surface area contributed by atoms with Crippen molar-refractivity contribution in [1.29, 1.82) is 0 Å². The molecule has 0 aliphatic heterocycles. The van der Waals surface area contributed by atoms with Gasteiger partial charge in [0.05, 0.1) is 16.1 Å². The highest BCUT2D eigenvalue weighted by Gasteiger charge is 2.29. The largest absolute Gasteiger partial charge is 0.550 e. The van der Waals surface area contributed by atoms with Gasteiger partial charge in [0.1, 0.15) is 6.61 Å². The molecule has 158 valence electrons. The van der Waals surface area contributed by atoms with E-state index in [4.69, 9.17) is 27.9 Å². The van der Waals surface area contributed by atoms with Crippen LogP contribution < -0.4 is 10.4 Å². The smallest absolute Gasteiger partial charge is 0.407 e. The molecule has 1 aliphatic carbocycles. The lowest BCUT2D eigenvalue weighted by molar-refractivity contribution is -0.306. The van der Waals surface area contributed by atoms with Crippen LogP contribution in [0, 0.1) is 0 Å². The number of hydrogen-bond donors (Lipinski definition) is 1. The van der Waals surface area contributed by atoms with Gasteiger partial charge in [-0.1, -0.05) is 77.8 Å². The Kier molecular flexibility index (Phi) is 6.16. The molecule has 0 saturated carbocycles. The summed E-state index contributed by atoms with van der Waals surface area (Å²) in [6.07, 6.45) is -1.15. The third-order valence-electron chi connectivity index (χ3n) is 5.35. The first kappa shape index (κ1) is 21.2. The zero-order valence-electron chi connectivity index (χ0n) is 16.3. The molecule has 7 heteroatoms. The number of benzene rings is 3. The van der Waals surface area contributed by atoms with E-state index in [2.05, 4.69) is 17.4 Å². The molecule has 3 aromatic rings. The highest BCUT2D eigenvalue weighted by molar-refractivity contribution is 6.42. The fourth-order valence-electron chi connectivity index (χ4n) is 3.93. The van der Waals surface area contributed by atoms with Gasteiger partial charge in [-0.15, -0.1) is 0 Å². The highest BCUT2D eigenvalue weighted by Crippen LogP contribution is 2.44. The van der Waals surface area contributed by atoms with Gasteiger partial charge in [0, 0.05) is 18.3 Å². The molecule has 0 aromatic heterocycles. The van der Waals surface area contributed by atoms with Gasteiger partial charge in [-0.3, -0.25) is 0 Å². The van der Waals surface area contributed by atoms with E-state index in [1.165, 1.54) is 6.07 Å². The van der Waals surface area contributed by atoms with Gasteiger partial charge < -0.3 is 20.0 Å². The number of carbonyl (C=O) groups excluding carboxylic acids is 2. The summed E-state index contributed by atoms with van der Waals surface area (Å²) in [6, 6.07) is 19.8. The van der Waals surface area contributed by atoms with E-state index in [9.17, 15) is 14.7 Å². The maximum absolute atomic E-state index is 12.5. The first-order valence-corrected chi connectivity index (χ1v) is 10.5. The summed E-state index contributed by atoms with van der Waals surface area (Å²) in [5.74, 6) is -1.40. The number of carboxylic acid groups (broad SMARTS) is 1. The Labute approximate surface area is 189 Å². The van der Waals surface area contributed by atoms with Crippen molar-refractivity contribution < 1.29 is 19.4 Å². The molecule has 0 saturated heterocycles. The summed E-state index contributed by atoms with van der Waals surface area (Å²) in [4.78, 5) is 23.7. The Bertz CT molecular complexity index is 1100. The lowest BCUT2D eigenvalue weighted by Gasteiger charge is -2.21. The molecule has 1 aliphatic rings. The van der Waals surface area contributed by atoms with Crippen LogP contribution in [0.1, 0.15) is 35.1 Å². The topological polar surface area (TPSA) is 78.5 Å². The van der Waals surface area contributed by atoms with Crippen LogP contribution in [-0.4, -0.2) is 18.7 Å². The number of carbonyl (C=O) groups is 2. The molecular weight excluding hydrogens is 437 g/mol. The van der Waals surface area contributed by atoms with Gasteiger partial charge in [-0.2, -0.15) is 0 Å². The van der Waals surface area contributed by atoms with Crippen LogP contribution in [0.5, 0.6) is 0 Å². The van der Waals surface area contributed by atoms with E-state index in [0.717, 1.165) is 22.3 Å². The van der Waals surface area contributed by atoms with E-state index in [0.29, 0.717) is 10.6 Å². The second-order valence-electron chi connectivity index (χ2n) is 7.27. The Hall–Kier alpha value is -3.02. The van der Waals surface area contributed by atoms with Gasteiger partial charge in [0.25, 0.3) is 0 Å². The van der Waals surface area contributed by atoms with E-state index < -0.39 is 24.5 Å². The van der Waals surface area contributed by atoms with E-state index in [1.807, 2.05) is 36.4 Å². The molecule has 5 nitrogen and oxygen atoms in total. The summed E-state index contributed by atoms with van der Waals surface area (Å²) in [6.45, 7) is 0.124. The van der Waals surface area contributed by atoms with Crippen LogP contribution in [0.4, 0.5) is 4.79 Å². The van der Waals surface area contributed by atoms with E-state index in [-0.39, 0.29) is 17.5 Å². The lowest BCUT2D eigenvalue weighted by atomic mass is 9.98.